The third-order valence-corrected chi connectivity index (χ3v) is 13.6. The van der Waals surface area contributed by atoms with Crippen molar-refractivity contribution in [2.75, 3.05) is 13.2 Å². The van der Waals surface area contributed by atoms with Crippen LogP contribution in [0.4, 0.5) is 0 Å². The van der Waals surface area contributed by atoms with Crippen molar-refractivity contribution in [3.8, 4) is 0 Å². The van der Waals surface area contributed by atoms with E-state index in [1.54, 1.807) is 0 Å². The molecule has 6 heteroatoms. The Morgan fingerprint density at radius 1 is 0.246 bits per heavy atom. The Bertz CT molecular complexity index is 967. The molecule has 0 aliphatic carbocycles. The molecule has 0 rings (SSSR count). The van der Waals surface area contributed by atoms with E-state index in [9.17, 15) is 14.4 Å². The maximum atomic E-state index is 12.8. The summed E-state index contributed by atoms with van der Waals surface area (Å²) in [5, 5.41) is 0. The van der Waals surface area contributed by atoms with Gasteiger partial charge >= 0.3 is 17.9 Å². The molecule has 65 heavy (non-hydrogen) atoms. The van der Waals surface area contributed by atoms with E-state index in [0.717, 1.165) is 57.8 Å². The van der Waals surface area contributed by atoms with Crippen LogP contribution in [-0.2, 0) is 28.6 Å². The minimum atomic E-state index is -0.761. The molecule has 0 aliphatic rings. The van der Waals surface area contributed by atoms with Crippen molar-refractivity contribution in [3.05, 3.63) is 0 Å². The van der Waals surface area contributed by atoms with Gasteiger partial charge in [0.05, 0.1) is 0 Å². The molecule has 6 nitrogen and oxygen atoms in total. The predicted molar refractivity (Wildman–Crippen MR) is 280 cm³/mol. The van der Waals surface area contributed by atoms with Gasteiger partial charge in [-0.2, -0.15) is 0 Å². The molecule has 0 saturated carbocycles. The van der Waals surface area contributed by atoms with Gasteiger partial charge in [0.2, 0.25) is 0 Å². The lowest BCUT2D eigenvalue weighted by atomic mass is 10.0. The highest BCUT2D eigenvalue weighted by Gasteiger charge is 2.19. The monoisotopic (exact) mass is 919 g/mol. The summed E-state index contributed by atoms with van der Waals surface area (Å²) < 4.78 is 16.9. The molecule has 0 saturated heterocycles. The zero-order valence-corrected chi connectivity index (χ0v) is 44.3. The number of rotatable bonds is 55. The van der Waals surface area contributed by atoms with Crippen LogP contribution in [0.2, 0.25) is 0 Å². The summed E-state index contributed by atoms with van der Waals surface area (Å²) in [5.74, 6) is -0.832. The van der Waals surface area contributed by atoms with Gasteiger partial charge < -0.3 is 14.2 Å². The summed E-state index contributed by atoms with van der Waals surface area (Å²) in [6.07, 6.45) is 61.0. The molecule has 0 spiro atoms. The molecule has 0 aromatic heterocycles. The molecule has 1 atom stereocenters. The van der Waals surface area contributed by atoms with Crippen molar-refractivity contribution in [3.63, 3.8) is 0 Å². The number of unbranched alkanes of at least 4 members (excludes halogenated alkanes) is 44. The van der Waals surface area contributed by atoms with E-state index in [2.05, 4.69) is 20.8 Å². The molecule has 0 amide bonds. The summed E-state index contributed by atoms with van der Waals surface area (Å²) in [5.41, 5.74) is 0. The van der Waals surface area contributed by atoms with Gasteiger partial charge in [-0.3, -0.25) is 14.4 Å². The normalized spacial score (nSPS) is 11.9. The first-order valence-electron chi connectivity index (χ1n) is 29.5. The number of esters is 3. The number of carbonyl (C=O) groups is 3. The highest BCUT2D eigenvalue weighted by molar-refractivity contribution is 5.71. The molecule has 0 N–H and O–H groups in total. The summed E-state index contributed by atoms with van der Waals surface area (Å²) >= 11 is 0. The molecule has 0 aromatic carbocycles. The molecule has 0 heterocycles. The van der Waals surface area contributed by atoms with Crippen LogP contribution < -0.4 is 0 Å². The van der Waals surface area contributed by atoms with Gasteiger partial charge in [-0.25, -0.2) is 0 Å². The number of carbonyl (C=O) groups excluding carboxylic acids is 3. The lowest BCUT2D eigenvalue weighted by Gasteiger charge is -2.18. The Kier molecular flexibility index (Phi) is 53.7. The Balaban J connectivity index is 4.24. The smallest absolute Gasteiger partial charge is 0.306 e. The van der Waals surface area contributed by atoms with Crippen molar-refractivity contribution >= 4 is 17.9 Å². The lowest BCUT2D eigenvalue weighted by Crippen LogP contribution is -2.30. The SMILES string of the molecule is CCCCCCCCCCCCCCCCCCCCCC(=O)OCC(COC(=O)CCCCCCCCCCCCC)OC(=O)CCCCCCCCCCCCCCCCCCC. The van der Waals surface area contributed by atoms with Crippen LogP contribution in [0.25, 0.3) is 0 Å². The fraction of sp³-hybridized carbons (Fsp3) is 0.949. The van der Waals surface area contributed by atoms with E-state index < -0.39 is 6.10 Å². The van der Waals surface area contributed by atoms with Gasteiger partial charge in [-0.1, -0.05) is 303 Å². The molecule has 0 aromatic rings. The standard InChI is InChI=1S/C59H114O6/c1-4-7-10-13-16-19-22-24-26-28-29-31-32-34-37-40-43-46-49-52-58(61)64-55-56(54-63-57(60)51-48-45-42-39-36-21-18-15-12-9-6-3)65-59(62)53-50-47-44-41-38-35-33-30-27-25-23-20-17-14-11-8-5-2/h56H,4-55H2,1-3H3. The number of hydrogen-bond donors (Lipinski definition) is 0. The lowest BCUT2D eigenvalue weighted by molar-refractivity contribution is -0.167. The van der Waals surface area contributed by atoms with E-state index in [1.165, 1.54) is 244 Å². The molecular formula is C59H114O6. The number of ether oxygens (including phenoxy) is 3. The second-order valence-corrected chi connectivity index (χ2v) is 20.3. The highest BCUT2D eigenvalue weighted by atomic mass is 16.6. The second-order valence-electron chi connectivity index (χ2n) is 20.3. The zero-order chi connectivity index (χ0) is 47.2. The van der Waals surface area contributed by atoms with Crippen LogP contribution in [0.15, 0.2) is 0 Å². The van der Waals surface area contributed by atoms with Gasteiger partial charge in [-0.05, 0) is 19.3 Å². The largest absolute Gasteiger partial charge is 0.462 e. The van der Waals surface area contributed by atoms with Gasteiger partial charge in [0.15, 0.2) is 6.10 Å². The third-order valence-electron chi connectivity index (χ3n) is 13.6. The summed E-state index contributed by atoms with van der Waals surface area (Å²) in [6.45, 7) is 6.70. The Labute approximate surface area is 406 Å². The predicted octanol–water partition coefficient (Wildman–Crippen LogP) is 19.5. The van der Waals surface area contributed by atoms with Crippen molar-refractivity contribution in [2.24, 2.45) is 0 Å². The fourth-order valence-electron chi connectivity index (χ4n) is 9.15. The quantitative estimate of drug-likeness (QED) is 0.0344. The average molecular weight is 920 g/mol. The van der Waals surface area contributed by atoms with Crippen LogP contribution in [0.3, 0.4) is 0 Å². The first-order valence-corrected chi connectivity index (χ1v) is 29.5. The molecule has 0 aliphatic heterocycles. The van der Waals surface area contributed by atoms with Gasteiger partial charge in [-0.15, -0.1) is 0 Å². The number of hydrogen-bond acceptors (Lipinski definition) is 6. The van der Waals surface area contributed by atoms with Gasteiger partial charge in [0.25, 0.3) is 0 Å². The Morgan fingerprint density at radius 3 is 0.615 bits per heavy atom. The van der Waals surface area contributed by atoms with Crippen LogP contribution >= 0.6 is 0 Å². The molecule has 0 bridgehead atoms. The van der Waals surface area contributed by atoms with Crippen LogP contribution in [0, 0.1) is 0 Å². The highest BCUT2D eigenvalue weighted by Crippen LogP contribution is 2.18. The zero-order valence-electron chi connectivity index (χ0n) is 44.3. The van der Waals surface area contributed by atoms with E-state index in [1.807, 2.05) is 0 Å². The maximum absolute atomic E-state index is 12.8. The molecular weight excluding hydrogens is 805 g/mol. The first-order chi connectivity index (χ1) is 32.0. The van der Waals surface area contributed by atoms with Crippen molar-refractivity contribution in [1.82, 2.24) is 0 Å². The van der Waals surface area contributed by atoms with Crippen LogP contribution in [-0.4, -0.2) is 37.2 Å². The molecule has 0 fully saturated rings. The first kappa shape index (κ1) is 63.4. The van der Waals surface area contributed by atoms with Crippen LogP contribution in [0.1, 0.15) is 342 Å². The van der Waals surface area contributed by atoms with E-state index in [0.29, 0.717) is 19.3 Å². The summed E-state index contributed by atoms with van der Waals surface area (Å²) in [4.78, 5) is 38.1. The van der Waals surface area contributed by atoms with Crippen molar-refractivity contribution in [1.29, 1.82) is 0 Å². The van der Waals surface area contributed by atoms with Crippen LogP contribution in [0.5, 0.6) is 0 Å². The minimum Gasteiger partial charge on any atom is -0.462 e. The van der Waals surface area contributed by atoms with Gasteiger partial charge in [0, 0.05) is 19.3 Å². The van der Waals surface area contributed by atoms with Crippen molar-refractivity contribution < 1.29 is 28.6 Å². The van der Waals surface area contributed by atoms with E-state index in [-0.39, 0.29) is 31.1 Å². The Hall–Kier alpha value is -1.59. The summed E-state index contributed by atoms with van der Waals surface area (Å²) in [6, 6.07) is 0. The summed E-state index contributed by atoms with van der Waals surface area (Å²) in [7, 11) is 0. The molecule has 386 valence electrons. The Morgan fingerprint density at radius 2 is 0.415 bits per heavy atom. The van der Waals surface area contributed by atoms with E-state index in [4.69, 9.17) is 14.2 Å². The van der Waals surface area contributed by atoms with E-state index >= 15 is 0 Å². The van der Waals surface area contributed by atoms with Crippen molar-refractivity contribution in [2.45, 2.75) is 348 Å². The maximum Gasteiger partial charge on any atom is 0.306 e. The molecule has 0 radical (unpaired) electrons. The minimum absolute atomic E-state index is 0.0610. The topological polar surface area (TPSA) is 78.9 Å². The van der Waals surface area contributed by atoms with Gasteiger partial charge in [0.1, 0.15) is 13.2 Å². The fourth-order valence-corrected chi connectivity index (χ4v) is 9.15. The molecule has 1 unspecified atom stereocenters. The second kappa shape index (κ2) is 55.0. The third kappa shape index (κ3) is 53.2. The average Bonchev–Trinajstić information content (AvgIpc) is 3.30.